The first-order valence-corrected chi connectivity index (χ1v) is 20.3. The molecule has 4 aliphatic heterocycles. The van der Waals surface area contributed by atoms with E-state index in [-0.39, 0.29) is 18.1 Å². The van der Waals surface area contributed by atoms with Crippen LogP contribution in [0.4, 0.5) is 16.2 Å². The largest absolute Gasteiger partial charge is 0.444 e. The monoisotopic (exact) mass is 808 g/mol. The molecule has 6 aromatic heterocycles. The predicted molar refractivity (Wildman–Crippen MR) is 221 cm³/mol. The fraction of sp³-hybridized carbons (Fsp3) is 0.439. The maximum atomic E-state index is 12.4. The van der Waals surface area contributed by atoms with Gasteiger partial charge in [-0.05, 0) is 58.9 Å². The topological polar surface area (TPSA) is 157 Å². The molecule has 0 spiro atoms. The summed E-state index contributed by atoms with van der Waals surface area (Å²) in [5, 5.41) is 6.46. The number of hydrogen-bond donors (Lipinski definition) is 3. The lowest BCUT2D eigenvalue weighted by atomic mass is 9.88. The van der Waals surface area contributed by atoms with E-state index in [0.717, 1.165) is 82.9 Å². The normalized spacial score (nSPS) is 19.7. The zero-order chi connectivity index (χ0) is 39.6. The van der Waals surface area contributed by atoms with E-state index in [1.54, 1.807) is 17.6 Å². The Morgan fingerprint density at radius 3 is 1.70 bits per heavy atom. The number of likely N-dealkylation sites (tertiary alicyclic amines) is 1. The molecule has 2 atom stereocenters. The highest BCUT2D eigenvalue weighted by molar-refractivity contribution is 6.30. The van der Waals surface area contributed by atoms with Crippen LogP contribution < -0.4 is 15.1 Å². The van der Waals surface area contributed by atoms with E-state index in [4.69, 9.17) is 27.9 Å². The molecule has 2 fully saturated rings. The molecule has 2 saturated heterocycles. The summed E-state index contributed by atoms with van der Waals surface area (Å²) in [6.45, 7) is 14.8. The van der Waals surface area contributed by atoms with Crippen LogP contribution in [-0.2, 0) is 30.7 Å². The lowest BCUT2D eigenvalue weighted by molar-refractivity contribution is 0.00776. The van der Waals surface area contributed by atoms with Crippen LogP contribution in [0.1, 0.15) is 80.4 Å². The van der Waals surface area contributed by atoms with Gasteiger partial charge in [0.25, 0.3) is 0 Å². The third-order valence-electron chi connectivity index (χ3n) is 11.5. The van der Waals surface area contributed by atoms with Crippen molar-refractivity contribution in [3.63, 3.8) is 0 Å². The standard InChI is InChI=1S/C23H27ClN6O2.C18H19ClN6/c1-13-7-17-16(11-30(13)18-8-19(24)28-21-15(18)5-6-25-21)20(27-12-26-17)14-9-29(10-14)22(31)32-23(2,3)4;1-10-4-14-13(17(23-9-22-14)11-6-20-7-11)8-25(10)15-5-16(19)24-18-12(15)2-3-21-18/h5-6,8,12-14H,7,9-11H2,1-4H3,(H,25,28);2-3,5,9-11,20H,4,6-8H2,1H3,(H,21,24)/t13-;10-/m11/s1. The number of amides is 1. The Morgan fingerprint density at radius 2 is 1.25 bits per heavy atom. The fourth-order valence-electron chi connectivity index (χ4n) is 8.47. The van der Waals surface area contributed by atoms with E-state index in [1.165, 1.54) is 17.0 Å². The van der Waals surface area contributed by atoms with Crippen LogP contribution in [0.5, 0.6) is 0 Å². The molecule has 6 aromatic rings. The van der Waals surface area contributed by atoms with Gasteiger partial charge < -0.3 is 34.7 Å². The average molecular weight is 810 g/mol. The van der Waals surface area contributed by atoms with Gasteiger partial charge in [0.1, 0.15) is 39.9 Å². The van der Waals surface area contributed by atoms with Gasteiger partial charge in [0.2, 0.25) is 0 Å². The molecule has 0 bridgehead atoms. The number of anilines is 2. The van der Waals surface area contributed by atoms with E-state index in [0.29, 0.717) is 41.9 Å². The number of carbonyl (C=O) groups excluding carboxylic acids is 1. The molecule has 16 heteroatoms. The van der Waals surface area contributed by atoms with Crippen LogP contribution in [0.15, 0.2) is 49.3 Å². The Morgan fingerprint density at radius 1 is 0.754 bits per heavy atom. The highest BCUT2D eigenvalue weighted by atomic mass is 35.5. The summed E-state index contributed by atoms with van der Waals surface area (Å²) in [5.41, 5.74) is 10.2. The molecule has 0 unspecified atom stereocenters. The van der Waals surface area contributed by atoms with Gasteiger partial charge in [0.15, 0.2) is 0 Å². The molecule has 0 radical (unpaired) electrons. The number of ether oxygens (including phenoxy) is 1. The number of halogens is 2. The van der Waals surface area contributed by atoms with Crippen molar-refractivity contribution in [2.24, 2.45) is 0 Å². The van der Waals surface area contributed by atoms with Crippen molar-refractivity contribution in [2.45, 2.75) is 90.1 Å². The van der Waals surface area contributed by atoms with Crippen LogP contribution in [0.3, 0.4) is 0 Å². The molecule has 57 heavy (non-hydrogen) atoms. The van der Waals surface area contributed by atoms with E-state index >= 15 is 0 Å². The number of nitrogens with zero attached hydrogens (tertiary/aromatic N) is 9. The first-order chi connectivity index (χ1) is 27.4. The number of H-pyrrole nitrogens is 2. The summed E-state index contributed by atoms with van der Waals surface area (Å²) in [4.78, 5) is 52.4. The third kappa shape index (κ3) is 7.23. The highest BCUT2D eigenvalue weighted by Crippen LogP contribution is 2.39. The van der Waals surface area contributed by atoms with Crippen LogP contribution in [0, 0.1) is 0 Å². The summed E-state index contributed by atoms with van der Waals surface area (Å²) < 4.78 is 5.50. The molecular weight excluding hydrogens is 763 g/mol. The zero-order valence-corrected chi connectivity index (χ0v) is 34.2. The minimum Gasteiger partial charge on any atom is -0.444 e. The molecule has 0 aliphatic carbocycles. The molecule has 10 heterocycles. The summed E-state index contributed by atoms with van der Waals surface area (Å²) in [6, 6.07) is 8.58. The van der Waals surface area contributed by atoms with Crippen molar-refractivity contribution >= 4 is 62.7 Å². The Balaban J connectivity index is 0.000000153. The maximum Gasteiger partial charge on any atom is 0.410 e. The van der Waals surface area contributed by atoms with E-state index in [1.807, 2.05) is 51.4 Å². The van der Waals surface area contributed by atoms with Gasteiger partial charge >= 0.3 is 6.09 Å². The number of hydrogen-bond acceptors (Lipinski definition) is 11. The lowest BCUT2D eigenvalue weighted by Crippen LogP contribution is -2.51. The maximum absolute atomic E-state index is 12.4. The van der Waals surface area contributed by atoms with E-state index in [9.17, 15) is 4.79 Å². The van der Waals surface area contributed by atoms with Gasteiger partial charge in [-0.2, -0.15) is 0 Å². The molecule has 4 aliphatic rings. The fourth-order valence-corrected chi connectivity index (χ4v) is 8.85. The van der Waals surface area contributed by atoms with Crippen molar-refractivity contribution in [1.29, 1.82) is 0 Å². The number of fused-ring (bicyclic) bond motifs is 4. The second-order valence-electron chi connectivity index (χ2n) is 16.6. The van der Waals surface area contributed by atoms with Gasteiger partial charge in [-0.25, -0.2) is 34.7 Å². The van der Waals surface area contributed by atoms with Gasteiger partial charge in [-0.1, -0.05) is 23.2 Å². The molecule has 0 aromatic carbocycles. The Kier molecular flexibility index (Phi) is 9.69. The first kappa shape index (κ1) is 37.5. The number of aromatic amines is 2. The third-order valence-corrected chi connectivity index (χ3v) is 11.9. The quantitative estimate of drug-likeness (QED) is 0.159. The predicted octanol–water partition coefficient (Wildman–Crippen LogP) is 6.94. The molecule has 14 nitrogen and oxygen atoms in total. The second-order valence-corrected chi connectivity index (χ2v) is 17.4. The van der Waals surface area contributed by atoms with Crippen LogP contribution in [0.2, 0.25) is 10.3 Å². The number of pyridine rings is 2. The molecule has 0 saturated carbocycles. The summed E-state index contributed by atoms with van der Waals surface area (Å²) in [5.74, 6) is 0.683. The van der Waals surface area contributed by atoms with Crippen molar-refractivity contribution in [1.82, 2.24) is 50.1 Å². The molecular formula is C41H46Cl2N12O2. The minimum absolute atomic E-state index is 0.183. The van der Waals surface area contributed by atoms with Crippen LogP contribution >= 0.6 is 23.2 Å². The second kappa shape index (κ2) is 14.7. The van der Waals surface area contributed by atoms with Crippen LogP contribution in [-0.4, -0.2) is 94.7 Å². The number of aromatic nitrogens is 8. The summed E-state index contributed by atoms with van der Waals surface area (Å²) in [6.07, 6.45) is 8.63. The summed E-state index contributed by atoms with van der Waals surface area (Å²) >= 11 is 12.6. The van der Waals surface area contributed by atoms with Gasteiger partial charge in [-0.15, -0.1) is 0 Å². The van der Waals surface area contributed by atoms with Crippen molar-refractivity contribution in [2.75, 3.05) is 36.0 Å². The Labute approximate surface area is 340 Å². The number of carbonyl (C=O) groups is 1. The number of nitrogens with one attached hydrogen (secondary N) is 3. The SMILES string of the molecule is C[C@@H]1Cc2ncnc(C3CN(C(=O)OC(C)(C)C)C3)c2CN1c1cc(Cl)nc2[nH]ccc12.C[C@@H]1Cc2ncnc(C3CNC3)c2CN1c1cc(Cl)nc2[nH]ccc12. The minimum atomic E-state index is -0.498. The molecule has 1 amide bonds. The Bertz CT molecular complexity index is 2470. The average Bonchev–Trinajstić information content (AvgIpc) is 3.79. The van der Waals surface area contributed by atoms with Crippen molar-refractivity contribution in [3.05, 3.63) is 93.5 Å². The van der Waals surface area contributed by atoms with Crippen molar-refractivity contribution in [3.8, 4) is 0 Å². The molecule has 3 N–H and O–H groups in total. The van der Waals surface area contributed by atoms with Gasteiger partial charge in [0, 0.05) is 110 Å². The molecule has 296 valence electrons. The Hall–Kier alpha value is -5.05. The highest BCUT2D eigenvalue weighted by Gasteiger charge is 2.39. The van der Waals surface area contributed by atoms with E-state index in [2.05, 4.69) is 74.9 Å². The first-order valence-electron chi connectivity index (χ1n) is 19.5. The van der Waals surface area contributed by atoms with Gasteiger partial charge in [0.05, 0.1) is 34.2 Å². The van der Waals surface area contributed by atoms with Crippen molar-refractivity contribution < 1.29 is 9.53 Å². The summed E-state index contributed by atoms with van der Waals surface area (Å²) in [7, 11) is 0. The zero-order valence-electron chi connectivity index (χ0n) is 32.7. The molecule has 10 rings (SSSR count). The van der Waals surface area contributed by atoms with Gasteiger partial charge in [-0.3, -0.25) is 0 Å². The van der Waals surface area contributed by atoms with Crippen LogP contribution in [0.25, 0.3) is 22.1 Å². The smallest absolute Gasteiger partial charge is 0.410 e. The lowest BCUT2D eigenvalue weighted by Gasteiger charge is -2.42. The van der Waals surface area contributed by atoms with E-state index < -0.39 is 5.60 Å². The number of rotatable bonds is 4.